The Kier molecular flexibility index (Phi) is 3.08. The first-order valence-corrected chi connectivity index (χ1v) is 5.57. The van der Waals surface area contributed by atoms with Gasteiger partial charge in [-0.25, -0.2) is 4.98 Å². The SMILES string of the molecule is NCC1CCC(n2ccnc2Cl)CC1. The summed E-state index contributed by atoms with van der Waals surface area (Å²) in [5.74, 6) is 0.716. The molecule has 1 aromatic rings. The van der Waals surface area contributed by atoms with E-state index in [4.69, 9.17) is 17.3 Å². The van der Waals surface area contributed by atoms with Gasteiger partial charge in [0.15, 0.2) is 0 Å². The Balaban J connectivity index is 1.99. The molecule has 0 aromatic carbocycles. The van der Waals surface area contributed by atoms with Gasteiger partial charge in [-0.1, -0.05) is 0 Å². The number of hydrogen-bond acceptors (Lipinski definition) is 2. The Hall–Kier alpha value is -0.540. The van der Waals surface area contributed by atoms with Crippen molar-refractivity contribution in [2.45, 2.75) is 31.7 Å². The third kappa shape index (κ3) is 1.93. The molecular formula is C10H16ClN3. The van der Waals surface area contributed by atoms with E-state index in [1.807, 2.05) is 6.20 Å². The summed E-state index contributed by atoms with van der Waals surface area (Å²) in [7, 11) is 0. The van der Waals surface area contributed by atoms with Gasteiger partial charge in [-0.3, -0.25) is 0 Å². The topological polar surface area (TPSA) is 43.8 Å². The highest BCUT2D eigenvalue weighted by molar-refractivity contribution is 6.28. The van der Waals surface area contributed by atoms with Crippen molar-refractivity contribution in [1.82, 2.24) is 9.55 Å². The molecule has 1 aromatic heterocycles. The number of nitrogens with two attached hydrogens (primary N) is 1. The van der Waals surface area contributed by atoms with Crippen molar-refractivity contribution in [3.05, 3.63) is 17.7 Å². The summed E-state index contributed by atoms with van der Waals surface area (Å²) in [5, 5.41) is 0.612. The zero-order valence-corrected chi connectivity index (χ0v) is 8.95. The van der Waals surface area contributed by atoms with Crippen LogP contribution in [0.5, 0.6) is 0 Å². The number of imidazole rings is 1. The van der Waals surface area contributed by atoms with Crippen LogP contribution in [0.2, 0.25) is 5.28 Å². The van der Waals surface area contributed by atoms with Crippen molar-refractivity contribution >= 4 is 11.6 Å². The fourth-order valence-corrected chi connectivity index (χ4v) is 2.48. The minimum atomic E-state index is 0.535. The van der Waals surface area contributed by atoms with Gasteiger partial charge in [-0.2, -0.15) is 0 Å². The molecule has 78 valence electrons. The van der Waals surface area contributed by atoms with Crippen LogP contribution in [0, 0.1) is 5.92 Å². The van der Waals surface area contributed by atoms with E-state index >= 15 is 0 Å². The number of halogens is 1. The van der Waals surface area contributed by atoms with E-state index in [2.05, 4.69) is 9.55 Å². The van der Waals surface area contributed by atoms with Crippen LogP contribution in [0.3, 0.4) is 0 Å². The van der Waals surface area contributed by atoms with Gasteiger partial charge in [-0.15, -0.1) is 0 Å². The standard InChI is InChI=1S/C10H16ClN3/c11-10-13-5-6-14(10)9-3-1-8(7-12)2-4-9/h5-6,8-9H,1-4,7,12H2. The molecule has 1 fully saturated rings. The first-order valence-electron chi connectivity index (χ1n) is 5.19. The fourth-order valence-electron chi connectivity index (χ4n) is 2.23. The number of nitrogens with zero attached hydrogens (tertiary/aromatic N) is 2. The second kappa shape index (κ2) is 4.32. The van der Waals surface area contributed by atoms with Gasteiger partial charge < -0.3 is 10.3 Å². The van der Waals surface area contributed by atoms with Crippen LogP contribution in [-0.2, 0) is 0 Å². The van der Waals surface area contributed by atoms with Crippen molar-refractivity contribution in [3.63, 3.8) is 0 Å². The Morgan fingerprint density at radius 1 is 1.43 bits per heavy atom. The van der Waals surface area contributed by atoms with Crippen molar-refractivity contribution in [1.29, 1.82) is 0 Å². The highest BCUT2D eigenvalue weighted by Gasteiger charge is 2.22. The lowest BCUT2D eigenvalue weighted by Gasteiger charge is -2.28. The zero-order valence-electron chi connectivity index (χ0n) is 8.19. The largest absolute Gasteiger partial charge is 0.330 e. The van der Waals surface area contributed by atoms with Crippen molar-refractivity contribution in [3.8, 4) is 0 Å². The highest BCUT2D eigenvalue weighted by atomic mass is 35.5. The maximum Gasteiger partial charge on any atom is 0.202 e. The van der Waals surface area contributed by atoms with Crippen LogP contribution < -0.4 is 5.73 Å². The average molecular weight is 214 g/mol. The first kappa shape index (κ1) is 9.99. The molecule has 0 radical (unpaired) electrons. The van der Waals surface area contributed by atoms with Crippen LogP contribution >= 0.6 is 11.6 Å². The van der Waals surface area contributed by atoms with Crippen LogP contribution in [0.1, 0.15) is 31.7 Å². The normalized spacial score (nSPS) is 27.9. The molecule has 0 saturated heterocycles. The number of aromatic nitrogens is 2. The van der Waals surface area contributed by atoms with Gasteiger partial charge >= 0.3 is 0 Å². The summed E-state index contributed by atoms with van der Waals surface area (Å²) in [6, 6.07) is 0.535. The maximum atomic E-state index is 5.97. The van der Waals surface area contributed by atoms with E-state index in [0.29, 0.717) is 17.2 Å². The number of hydrogen-bond donors (Lipinski definition) is 1. The van der Waals surface area contributed by atoms with E-state index < -0.39 is 0 Å². The molecule has 3 nitrogen and oxygen atoms in total. The summed E-state index contributed by atoms with van der Waals surface area (Å²) in [4.78, 5) is 4.03. The van der Waals surface area contributed by atoms with E-state index in [-0.39, 0.29) is 0 Å². The number of rotatable bonds is 2. The second-order valence-corrected chi connectivity index (χ2v) is 4.35. The fraction of sp³-hybridized carbons (Fsp3) is 0.700. The molecule has 1 aliphatic rings. The molecule has 1 aliphatic carbocycles. The molecule has 0 aliphatic heterocycles. The molecule has 1 heterocycles. The van der Waals surface area contributed by atoms with Crippen molar-refractivity contribution < 1.29 is 0 Å². The Morgan fingerprint density at radius 2 is 2.14 bits per heavy atom. The Labute approximate surface area is 89.3 Å². The molecule has 4 heteroatoms. The van der Waals surface area contributed by atoms with Crippen molar-refractivity contribution in [2.75, 3.05) is 6.54 Å². The smallest absolute Gasteiger partial charge is 0.202 e. The Bertz CT molecular complexity index is 289. The van der Waals surface area contributed by atoms with E-state index in [9.17, 15) is 0 Å². The van der Waals surface area contributed by atoms with Gasteiger partial charge in [0.2, 0.25) is 5.28 Å². The Morgan fingerprint density at radius 3 is 2.64 bits per heavy atom. The summed E-state index contributed by atoms with van der Waals surface area (Å²) >= 11 is 5.97. The minimum Gasteiger partial charge on any atom is -0.330 e. The molecule has 2 N–H and O–H groups in total. The lowest BCUT2D eigenvalue weighted by Crippen LogP contribution is -2.23. The van der Waals surface area contributed by atoms with Gasteiger partial charge in [0.05, 0.1) is 0 Å². The average Bonchev–Trinajstić information content (AvgIpc) is 2.65. The van der Waals surface area contributed by atoms with Gasteiger partial charge in [0.1, 0.15) is 0 Å². The van der Waals surface area contributed by atoms with Gasteiger partial charge in [0, 0.05) is 18.4 Å². The molecule has 0 bridgehead atoms. The van der Waals surface area contributed by atoms with Crippen LogP contribution in [-0.4, -0.2) is 16.1 Å². The van der Waals surface area contributed by atoms with Gasteiger partial charge in [0.25, 0.3) is 0 Å². The lowest BCUT2D eigenvalue weighted by molar-refractivity contribution is 0.279. The molecule has 1 saturated carbocycles. The molecule has 0 atom stereocenters. The molecule has 0 amide bonds. The molecule has 14 heavy (non-hydrogen) atoms. The molecule has 0 unspecified atom stereocenters. The summed E-state index contributed by atoms with van der Waals surface area (Å²) in [5.41, 5.74) is 5.65. The molecule has 2 rings (SSSR count). The zero-order chi connectivity index (χ0) is 9.97. The maximum absolute atomic E-state index is 5.97. The van der Waals surface area contributed by atoms with Crippen LogP contribution in [0.25, 0.3) is 0 Å². The van der Waals surface area contributed by atoms with E-state index in [0.717, 1.165) is 6.54 Å². The quantitative estimate of drug-likeness (QED) is 0.819. The minimum absolute atomic E-state index is 0.535. The third-order valence-corrected chi connectivity index (χ3v) is 3.46. The van der Waals surface area contributed by atoms with E-state index in [1.54, 1.807) is 6.20 Å². The highest BCUT2D eigenvalue weighted by Crippen LogP contribution is 2.32. The molecular weight excluding hydrogens is 198 g/mol. The predicted octanol–water partition coefficient (Wildman–Crippen LogP) is 2.23. The summed E-state index contributed by atoms with van der Waals surface area (Å²) < 4.78 is 2.08. The third-order valence-electron chi connectivity index (χ3n) is 3.16. The van der Waals surface area contributed by atoms with Gasteiger partial charge in [-0.05, 0) is 49.7 Å². The summed E-state index contributed by atoms with van der Waals surface area (Å²) in [6.45, 7) is 0.824. The van der Waals surface area contributed by atoms with E-state index in [1.165, 1.54) is 25.7 Å². The van der Waals surface area contributed by atoms with Crippen LogP contribution in [0.15, 0.2) is 12.4 Å². The molecule has 0 spiro atoms. The first-order chi connectivity index (χ1) is 6.81. The predicted molar refractivity (Wildman–Crippen MR) is 57.3 cm³/mol. The van der Waals surface area contributed by atoms with Crippen molar-refractivity contribution in [2.24, 2.45) is 11.7 Å². The second-order valence-electron chi connectivity index (χ2n) is 4.01. The summed E-state index contributed by atoms with van der Waals surface area (Å²) in [6.07, 6.45) is 8.52. The monoisotopic (exact) mass is 213 g/mol. The lowest BCUT2D eigenvalue weighted by atomic mass is 9.86. The van der Waals surface area contributed by atoms with Crippen LogP contribution in [0.4, 0.5) is 0 Å².